The number of halogens is 9. The average molecular weight is 349 g/mol. The second kappa shape index (κ2) is 4.51. The van der Waals surface area contributed by atoms with Crippen molar-refractivity contribution in [3.8, 4) is 0 Å². The number of hydrogen-bond acceptors (Lipinski definition) is 3. The molecule has 0 aromatic carbocycles. The summed E-state index contributed by atoms with van der Waals surface area (Å²) in [5.74, 6) is 0. The summed E-state index contributed by atoms with van der Waals surface area (Å²) in [7, 11) is -6.80. The molecule has 0 aliphatic carbocycles. The topological polar surface area (TPSA) is 63.6 Å². The van der Waals surface area contributed by atoms with E-state index < -0.39 is 32.2 Å². The molecule has 110 valence electrons. The van der Waals surface area contributed by atoms with E-state index in [1.165, 1.54) is 0 Å². The van der Waals surface area contributed by atoms with Crippen LogP contribution in [-0.2, 0) is 14.9 Å². The molecule has 1 N–H and O–H groups in total. The van der Waals surface area contributed by atoms with Gasteiger partial charge in [0.1, 0.15) is 0 Å². The Morgan fingerprint density at radius 2 is 1.28 bits per heavy atom. The van der Waals surface area contributed by atoms with Crippen LogP contribution in [0, 0.1) is 0 Å². The minimum atomic E-state index is -6.80. The lowest BCUT2D eigenvalue weighted by Gasteiger charge is -2.30. The maximum atomic E-state index is 12.6. The van der Waals surface area contributed by atoms with Crippen LogP contribution in [0.3, 0.4) is 0 Å². The number of ether oxygens (including phenoxy) is 1. The molecule has 0 aliphatic rings. The van der Waals surface area contributed by atoms with Crippen molar-refractivity contribution in [2.45, 2.75) is 22.1 Å². The summed E-state index contributed by atoms with van der Waals surface area (Å²) in [6, 6.07) is 0. The highest BCUT2D eigenvalue weighted by atomic mass is 35.5. The third-order valence-electron chi connectivity index (χ3n) is 1.25. The molecule has 1 atom stereocenters. The Balaban J connectivity index is 5.47. The van der Waals surface area contributed by atoms with Gasteiger partial charge < -0.3 is 0 Å². The molecule has 0 aromatic heterocycles. The molecule has 0 aromatic rings. The van der Waals surface area contributed by atoms with Gasteiger partial charge in [0, 0.05) is 0 Å². The summed E-state index contributed by atoms with van der Waals surface area (Å²) < 4.78 is 116. The van der Waals surface area contributed by atoms with Crippen LogP contribution >= 0.6 is 23.2 Å². The van der Waals surface area contributed by atoms with Crippen LogP contribution < -0.4 is 0 Å². The molecule has 0 radical (unpaired) electrons. The summed E-state index contributed by atoms with van der Waals surface area (Å²) in [4.78, 5) is 0. The maximum Gasteiger partial charge on any atom is 0.460 e. The van der Waals surface area contributed by atoms with Gasteiger partial charge in [-0.05, 0) is 23.2 Å². The minimum absolute atomic E-state index is 2.18. The molecule has 0 amide bonds. The van der Waals surface area contributed by atoms with E-state index in [4.69, 9.17) is 4.55 Å². The van der Waals surface area contributed by atoms with Gasteiger partial charge in [-0.3, -0.25) is 9.29 Å². The quantitative estimate of drug-likeness (QED) is 0.471. The van der Waals surface area contributed by atoms with Gasteiger partial charge in [0.2, 0.25) is 0 Å². The first-order valence-corrected chi connectivity index (χ1v) is 5.53. The van der Waals surface area contributed by atoms with Gasteiger partial charge in [0.05, 0.1) is 0 Å². The molecule has 1 unspecified atom stereocenters. The van der Waals surface area contributed by atoms with E-state index in [-0.39, 0.29) is 0 Å². The Morgan fingerprint density at radius 1 is 0.944 bits per heavy atom. The zero-order valence-electron chi connectivity index (χ0n) is 7.48. The third kappa shape index (κ3) is 3.29. The van der Waals surface area contributed by atoms with Crippen molar-refractivity contribution in [1.29, 1.82) is 0 Å². The van der Waals surface area contributed by atoms with E-state index >= 15 is 0 Å². The summed E-state index contributed by atoms with van der Waals surface area (Å²) in [6.07, 6.45) is -6.42. The third-order valence-corrected chi connectivity index (χ3v) is 2.79. The molecule has 0 aliphatic heterocycles. The van der Waals surface area contributed by atoms with E-state index in [0.717, 1.165) is 0 Å². The number of alkyl halides is 9. The summed E-state index contributed by atoms with van der Waals surface area (Å²) in [6.45, 7) is 0. The highest BCUT2D eigenvalue weighted by Gasteiger charge is 2.72. The standard InChI is InChI=1S/C4HCl2F7O4S/c5-1(7,8)2(6,9)17-3(10,11)4(12,13)18(14,15)16/h(H,14,15,16). The van der Waals surface area contributed by atoms with Crippen molar-refractivity contribution in [1.82, 2.24) is 0 Å². The largest absolute Gasteiger partial charge is 0.460 e. The average Bonchev–Trinajstić information content (AvgIpc) is 1.96. The Bertz CT molecular complexity index is 416. The molecule has 18 heavy (non-hydrogen) atoms. The Morgan fingerprint density at radius 3 is 1.50 bits per heavy atom. The highest BCUT2D eigenvalue weighted by Crippen LogP contribution is 2.48. The second-order valence-corrected chi connectivity index (χ2v) is 5.05. The van der Waals surface area contributed by atoms with Crippen molar-refractivity contribution >= 4 is 33.3 Å². The Kier molecular flexibility index (Phi) is 4.50. The molecule has 14 heteroatoms. The first kappa shape index (κ1) is 18.0. The highest BCUT2D eigenvalue weighted by molar-refractivity contribution is 7.86. The molecular formula is C4HCl2F7O4S. The number of rotatable bonds is 5. The SMILES string of the molecule is O=S(=O)(O)C(F)(F)C(F)(F)OC(F)(Cl)C(F)(F)Cl. The van der Waals surface area contributed by atoms with Gasteiger partial charge in [0.15, 0.2) is 0 Å². The normalized spacial score (nSPS) is 18.6. The van der Waals surface area contributed by atoms with Crippen molar-refractivity contribution in [3.05, 3.63) is 0 Å². The molecule has 0 fully saturated rings. The first-order chi connectivity index (χ1) is 7.46. The summed E-state index contributed by atoms with van der Waals surface area (Å²) in [5, 5.41) is -17.2. The van der Waals surface area contributed by atoms with Crippen molar-refractivity contribution in [2.24, 2.45) is 0 Å². The fourth-order valence-electron chi connectivity index (χ4n) is 0.428. The van der Waals surface area contributed by atoms with Gasteiger partial charge in [-0.1, -0.05) is 0 Å². The van der Waals surface area contributed by atoms with Crippen LogP contribution in [0.1, 0.15) is 0 Å². The smallest absolute Gasteiger partial charge is 0.281 e. The van der Waals surface area contributed by atoms with Crippen LogP contribution in [0.15, 0.2) is 0 Å². The van der Waals surface area contributed by atoms with Gasteiger partial charge in [-0.2, -0.15) is 39.2 Å². The second-order valence-electron chi connectivity index (χ2n) is 2.63. The summed E-state index contributed by atoms with van der Waals surface area (Å²) >= 11 is 7.83. The monoisotopic (exact) mass is 348 g/mol. The zero-order valence-corrected chi connectivity index (χ0v) is 9.81. The molecule has 0 saturated heterocycles. The minimum Gasteiger partial charge on any atom is -0.281 e. The number of hydrogen-bond donors (Lipinski definition) is 1. The van der Waals surface area contributed by atoms with Gasteiger partial charge in [-0.15, -0.1) is 0 Å². The fourth-order valence-corrected chi connectivity index (χ4v) is 0.906. The summed E-state index contributed by atoms with van der Waals surface area (Å²) in [5.41, 5.74) is 0. The zero-order chi connectivity index (χ0) is 15.2. The van der Waals surface area contributed by atoms with Gasteiger partial charge in [-0.25, -0.2) is 0 Å². The van der Waals surface area contributed by atoms with Crippen LogP contribution in [0.4, 0.5) is 30.7 Å². The van der Waals surface area contributed by atoms with Crippen molar-refractivity contribution in [2.75, 3.05) is 0 Å². The van der Waals surface area contributed by atoms with Gasteiger partial charge in [0.25, 0.3) is 0 Å². The van der Waals surface area contributed by atoms with E-state index in [0.29, 0.717) is 0 Å². The molecular weight excluding hydrogens is 348 g/mol. The van der Waals surface area contributed by atoms with Crippen molar-refractivity contribution in [3.63, 3.8) is 0 Å². The van der Waals surface area contributed by atoms with Crippen LogP contribution in [0.5, 0.6) is 0 Å². The van der Waals surface area contributed by atoms with E-state index in [9.17, 15) is 39.2 Å². The fraction of sp³-hybridized carbons (Fsp3) is 1.00. The molecule has 0 bridgehead atoms. The molecule has 0 spiro atoms. The molecule has 0 heterocycles. The molecule has 0 rings (SSSR count). The maximum absolute atomic E-state index is 12.6. The van der Waals surface area contributed by atoms with Crippen LogP contribution in [0.2, 0.25) is 0 Å². The molecule has 4 nitrogen and oxygen atoms in total. The van der Waals surface area contributed by atoms with Gasteiger partial charge >= 0.3 is 32.2 Å². The first-order valence-electron chi connectivity index (χ1n) is 3.33. The lowest BCUT2D eigenvalue weighted by Crippen LogP contribution is -2.54. The molecule has 0 saturated carbocycles. The lowest BCUT2D eigenvalue weighted by molar-refractivity contribution is -0.382. The van der Waals surface area contributed by atoms with Crippen molar-refractivity contribution < 1.29 is 48.4 Å². The van der Waals surface area contributed by atoms with Crippen LogP contribution in [0.25, 0.3) is 0 Å². The lowest BCUT2D eigenvalue weighted by atomic mass is 10.6. The Hall–Kier alpha value is -0.0400. The Labute approximate surface area is 104 Å². The predicted octanol–water partition coefficient (Wildman–Crippen LogP) is 2.77. The van der Waals surface area contributed by atoms with Crippen LogP contribution in [-0.4, -0.2) is 35.0 Å². The van der Waals surface area contributed by atoms with E-state index in [1.807, 2.05) is 0 Å². The predicted molar refractivity (Wildman–Crippen MR) is 43.0 cm³/mol. The van der Waals surface area contributed by atoms with E-state index in [2.05, 4.69) is 27.9 Å². The van der Waals surface area contributed by atoms with E-state index in [1.54, 1.807) is 0 Å².